The number of hydrogen-bond donors (Lipinski definition) is 1. The van der Waals surface area contributed by atoms with Gasteiger partial charge < -0.3 is 9.84 Å². The van der Waals surface area contributed by atoms with Crippen molar-refractivity contribution in [2.45, 2.75) is 32.4 Å². The van der Waals surface area contributed by atoms with E-state index in [1.807, 2.05) is 23.9 Å². The first-order chi connectivity index (χ1) is 10.7. The number of amides is 1. The molecule has 2 aromatic heterocycles. The summed E-state index contributed by atoms with van der Waals surface area (Å²) in [6, 6.07) is 4.03. The predicted molar refractivity (Wildman–Crippen MR) is 80.4 cm³/mol. The van der Waals surface area contributed by atoms with E-state index >= 15 is 0 Å². The minimum Gasteiger partial charge on any atom is -0.361 e. The molecule has 3 rings (SSSR count). The van der Waals surface area contributed by atoms with Crippen LogP contribution in [-0.4, -0.2) is 45.9 Å². The van der Waals surface area contributed by atoms with Gasteiger partial charge in [-0.1, -0.05) is 5.16 Å². The Kier molecular flexibility index (Phi) is 4.24. The lowest BCUT2D eigenvalue weighted by atomic mass is 10.1. The maximum absolute atomic E-state index is 11.6. The van der Waals surface area contributed by atoms with E-state index in [0.717, 1.165) is 43.9 Å². The normalized spacial score (nSPS) is 19.3. The minimum absolute atomic E-state index is 0.149. The molecule has 7 heteroatoms. The SMILES string of the molecule is CNC(=O)c1ccn(C2CCCN(Cc3cc(C)on3)C2)n1. The highest BCUT2D eigenvalue weighted by atomic mass is 16.5. The first-order valence-corrected chi connectivity index (χ1v) is 7.57. The van der Waals surface area contributed by atoms with Crippen LogP contribution in [0.1, 0.15) is 40.8 Å². The molecule has 0 bridgehead atoms. The number of nitrogens with one attached hydrogen (secondary N) is 1. The fourth-order valence-electron chi connectivity index (χ4n) is 2.90. The molecule has 0 aliphatic carbocycles. The second-order valence-electron chi connectivity index (χ2n) is 5.72. The van der Waals surface area contributed by atoms with Gasteiger partial charge in [-0.05, 0) is 32.4 Å². The van der Waals surface area contributed by atoms with Gasteiger partial charge in [0.05, 0.1) is 11.7 Å². The predicted octanol–water partition coefficient (Wildman–Crippen LogP) is 1.38. The molecule has 1 N–H and O–H groups in total. The second-order valence-corrected chi connectivity index (χ2v) is 5.72. The fraction of sp³-hybridized carbons (Fsp3) is 0.533. The molecule has 118 valence electrons. The summed E-state index contributed by atoms with van der Waals surface area (Å²) in [5, 5.41) is 11.0. The van der Waals surface area contributed by atoms with Gasteiger partial charge in [-0.2, -0.15) is 5.10 Å². The van der Waals surface area contributed by atoms with Crippen LogP contribution in [0.3, 0.4) is 0 Å². The van der Waals surface area contributed by atoms with Crippen LogP contribution in [-0.2, 0) is 6.54 Å². The average Bonchev–Trinajstić information content (AvgIpc) is 3.16. The zero-order valence-electron chi connectivity index (χ0n) is 13.0. The van der Waals surface area contributed by atoms with E-state index < -0.39 is 0 Å². The van der Waals surface area contributed by atoms with Crippen LogP contribution in [0.4, 0.5) is 0 Å². The molecule has 1 aliphatic heterocycles. The quantitative estimate of drug-likeness (QED) is 0.923. The van der Waals surface area contributed by atoms with E-state index in [9.17, 15) is 4.79 Å². The van der Waals surface area contributed by atoms with E-state index in [1.54, 1.807) is 13.1 Å². The maximum atomic E-state index is 11.6. The van der Waals surface area contributed by atoms with Crippen molar-refractivity contribution < 1.29 is 9.32 Å². The van der Waals surface area contributed by atoms with Crippen LogP contribution in [0, 0.1) is 6.92 Å². The topological polar surface area (TPSA) is 76.2 Å². The molecule has 22 heavy (non-hydrogen) atoms. The third-order valence-electron chi connectivity index (χ3n) is 3.99. The van der Waals surface area contributed by atoms with Crippen LogP contribution >= 0.6 is 0 Å². The molecule has 0 saturated carbocycles. The standard InChI is InChI=1S/C15H21N5O2/c1-11-8-12(18-22-11)9-19-6-3-4-13(10-19)20-7-5-14(17-20)15(21)16-2/h5,7-8,13H,3-4,6,9-10H2,1-2H3,(H,16,21). The summed E-state index contributed by atoms with van der Waals surface area (Å²) in [5.41, 5.74) is 1.43. The zero-order valence-corrected chi connectivity index (χ0v) is 13.0. The van der Waals surface area contributed by atoms with Crippen molar-refractivity contribution in [1.82, 2.24) is 25.2 Å². The van der Waals surface area contributed by atoms with Crippen molar-refractivity contribution in [3.05, 3.63) is 35.5 Å². The molecular formula is C15H21N5O2. The lowest BCUT2D eigenvalue weighted by molar-refractivity contribution is 0.0955. The molecule has 0 aromatic carbocycles. The number of carbonyl (C=O) groups is 1. The summed E-state index contributed by atoms with van der Waals surface area (Å²) in [5.74, 6) is 0.690. The third kappa shape index (κ3) is 3.19. The number of carbonyl (C=O) groups excluding carboxylic acids is 1. The third-order valence-corrected chi connectivity index (χ3v) is 3.99. The fourth-order valence-corrected chi connectivity index (χ4v) is 2.90. The molecule has 0 spiro atoms. The number of rotatable bonds is 4. The molecule has 1 amide bonds. The number of hydrogen-bond acceptors (Lipinski definition) is 5. The second kappa shape index (κ2) is 6.31. The van der Waals surface area contributed by atoms with E-state index in [0.29, 0.717) is 11.7 Å². The minimum atomic E-state index is -0.149. The van der Waals surface area contributed by atoms with Gasteiger partial charge in [-0.15, -0.1) is 0 Å². The van der Waals surface area contributed by atoms with Crippen LogP contribution in [0.5, 0.6) is 0 Å². The van der Waals surface area contributed by atoms with Crippen molar-refractivity contribution in [3.8, 4) is 0 Å². The average molecular weight is 303 g/mol. The van der Waals surface area contributed by atoms with Gasteiger partial charge in [0.25, 0.3) is 5.91 Å². The van der Waals surface area contributed by atoms with Gasteiger partial charge in [0, 0.05) is 32.4 Å². The van der Waals surface area contributed by atoms with Gasteiger partial charge in [0.2, 0.25) is 0 Å². The van der Waals surface area contributed by atoms with Crippen molar-refractivity contribution in [1.29, 1.82) is 0 Å². The molecule has 1 saturated heterocycles. The monoisotopic (exact) mass is 303 g/mol. The Morgan fingerprint density at radius 2 is 2.41 bits per heavy atom. The molecular weight excluding hydrogens is 282 g/mol. The van der Waals surface area contributed by atoms with Gasteiger partial charge in [-0.3, -0.25) is 14.4 Å². The number of nitrogens with zero attached hydrogens (tertiary/aromatic N) is 4. The highest BCUT2D eigenvalue weighted by Gasteiger charge is 2.23. The molecule has 0 radical (unpaired) electrons. The summed E-state index contributed by atoms with van der Waals surface area (Å²) in [7, 11) is 1.61. The summed E-state index contributed by atoms with van der Waals surface area (Å²) in [6.07, 6.45) is 4.07. The Morgan fingerprint density at radius 1 is 1.55 bits per heavy atom. The van der Waals surface area contributed by atoms with Crippen LogP contribution < -0.4 is 5.32 Å². The smallest absolute Gasteiger partial charge is 0.271 e. The van der Waals surface area contributed by atoms with E-state index in [4.69, 9.17) is 4.52 Å². The molecule has 1 atom stereocenters. The molecule has 1 unspecified atom stereocenters. The number of aromatic nitrogens is 3. The lowest BCUT2D eigenvalue weighted by Gasteiger charge is -2.32. The Balaban J connectivity index is 1.65. The first kappa shape index (κ1) is 14.8. The number of aryl methyl sites for hydroxylation is 1. The van der Waals surface area contributed by atoms with Gasteiger partial charge >= 0.3 is 0 Å². The molecule has 1 aliphatic rings. The van der Waals surface area contributed by atoms with Crippen LogP contribution in [0.2, 0.25) is 0 Å². The largest absolute Gasteiger partial charge is 0.361 e. The molecule has 2 aromatic rings. The van der Waals surface area contributed by atoms with Crippen molar-refractivity contribution in [2.24, 2.45) is 0 Å². The summed E-state index contributed by atoms with van der Waals surface area (Å²) < 4.78 is 7.03. The van der Waals surface area contributed by atoms with Gasteiger partial charge in [-0.25, -0.2) is 0 Å². The van der Waals surface area contributed by atoms with Crippen LogP contribution in [0.25, 0.3) is 0 Å². The molecule has 1 fully saturated rings. The summed E-state index contributed by atoms with van der Waals surface area (Å²) in [6.45, 7) is 4.64. The molecule has 7 nitrogen and oxygen atoms in total. The zero-order chi connectivity index (χ0) is 15.5. The summed E-state index contributed by atoms with van der Waals surface area (Å²) >= 11 is 0. The Bertz CT molecular complexity index is 648. The van der Waals surface area contributed by atoms with Gasteiger partial charge in [0.1, 0.15) is 11.5 Å². The lowest BCUT2D eigenvalue weighted by Crippen LogP contribution is -2.36. The highest BCUT2D eigenvalue weighted by Crippen LogP contribution is 2.22. The number of likely N-dealkylation sites (tertiary alicyclic amines) is 1. The van der Waals surface area contributed by atoms with Gasteiger partial charge in [0.15, 0.2) is 0 Å². The summed E-state index contributed by atoms with van der Waals surface area (Å²) in [4.78, 5) is 14.0. The maximum Gasteiger partial charge on any atom is 0.271 e. The highest BCUT2D eigenvalue weighted by molar-refractivity contribution is 5.91. The number of piperidine rings is 1. The first-order valence-electron chi connectivity index (χ1n) is 7.57. The van der Waals surface area contributed by atoms with Crippen molar-refractivity contribution in [2.75, 3.05) is 20.1 Å². The Morgan fingerprint density at radius 3 is 3.14 bits per heavy atom. The van der Waals surface area contributed by atoms with E-state index in [2.05, 4.69) is 20.5 Å². The van der Waals surface area contributed by atoms with Crippen LogP contribution in [0.15, 0.2) is 22.9 Å². The van der Waals surface area contributed by atoms with E-state index in [1.165, 1.54) is 0 Å². The Labute approximate surface area is 129 Å². The molecule has 3 heterocycles. The van der Waals surface area contributed by atoms with E-state index in [-0.39, 0.29) is 5.91 Å². The van der Waals surface area contributed by atoms with Crippen molar-refractivity contribution >= 4 is 5.91 Å². The Hall–Kier alpha value is -2.15. The van der Waals surface area contributed by atoms with Crippen molar-refractivity contribution in [3.63, 3.8) is 0 Å².